The van der Waals surface area contributed by atoms with Crippen LogP contribution < -0.4 is 16.0 Å². The lowest BCUT2D eigenvalue weighted by Gasteiger charge is -2.36. The number of hydrogen-bond acceptors (Lipinski definition) is 5. The first-order valence-electron chi connectivity index (χ1n) is 12.4. The highest BCUT2D eigenvalue weighted by atomic mass is 16.5. The van der Waals surface area contributed by atoms with E-state index in [1.54, 1.807) is 0 Å². The highest BCUT2D eigenvalue weighted by Gasteiger charge is 2.33. The lowest BCUT2D eigenvalue weighted by molar-refractivity contribution is 0.134. The van der Waals surface area contributed by atoms with Gasteiger partial charge < -0.3 is 20.7 Å². The average Bonchev–Trinajstić information content (AvgIpc) is 2.85. The molecule has 5 heteroatoms. The number of rotatable bonds is 7. The zero-order valence-electron chi connectivity index (χ0n) is 20.6. The molecule has 0 radical (unpaired) electrons. The third-order valence-corrected chi connectivity index (χ3v) is 7.05. The van der Waals surface area contributed by atoms with Crippen molar-refractivity contribution >= 4 is 22.7 Å². The van der Waals surface area contributed by atoms with Crippen LogP contribution in [0.5, 0.6) is 0 Å². The van der Waals surface area contributed by atoms with Gasteiger partial charge in [0.2, 0.25) is 0 Å². The fourth-order valence-electron chi connectivity index (χ4n) is 5.07. The van der Waals surface area contributed by atoms with Crippen LogP contribution in [0.2, 0.25) is 0 Å². The third kappa shape index (κ3) is 4.83. The Bertz CT molecular complexity index is 1130. The monoisotopic (exact) mass is 456 g/mol. The number of hydrogen-bond donors (Lipinski definition) is 3. The van der Waals surface area contributed by atoms with Crippen LogP contribution in [0.3, 0.4) is 0 Å². The van der Waals surface area contributed by atoms with Gasteiger partial charge in [-0.3, -0.25) is 4.90 Å². The maximum absolute atomic E-state index is 5.50. The van der Waals surface area contributed by atoms with Crippen molar-refractivity contribution in [2.24, 2.45) is 0 Å². The Morgan fingerprint density at radius 2 is 1.59 bits per heavy atom. The van der Waals surface area contributed by atoms with Gasteiger partial charge in [-0.25, -0.2) is 0 Å². The molecule has 5 rings (SSSR count). The van der Waals surface area contributed by atoms with E-state index < -0.39 is 0 Å². The Kier molecular flexibility index (Phi) is 6.59. The molecule has 0 bridgehead atoms. The summed E-state index contributed by atoms with van der Waals surface area (Å²) in [6.45, 7) is 13.5. The van der Waals surface area contributed by atoms with Crippen LogP contribution in [0.1, 0.15) is 43.0 Å². The van der Waals surface area contributed by atoms with E-state index in [-0.39, 0.29) is 5.41 Å². The molecule has 3 aromatic carbocycles. The first kappa shape index (κ1) is 22.9. The minimum absolute atomic E-state index is 0.0607. The summed E-state index contributed by atoms with van der Waals surface area (Å²) in [7, 11) is 0. The molecule has 2 aliphatic heterocycles. The zero-order chi connectivity index (χ0) is 23.5. The molecular formula is C29H36N4O. The van der Waals surface area contributed by atoms with Gasteiger partial charge in [-0.1, -0.05) is 44.2 Å². The molecule has 0 unspecified atom stereocenters. The van der Waals surface area contributed by atoms with Crippen molar-refractivity contribution in [3.63, 3.8) is 0 Å². The molecule has 178 valence electrons. The van der Waals surface area contributed by atoms with Gasteiger partial charge in [0.1, 0.15) is 0 Å². The number of fused-ring (bicyclic) bond motifs is 2. The van der Waals surface area contributed by atoms with Crippen molar-refractivity contribution in [1.82, 2.24) is 10.2 Å². The minimum atomic E-state index is -0.0607. The fraction of sp³-hybridized carbons (Fsp3) is 0.379. The SMILES string of the molecule is CCOCc1ccc(Nc2ccc3c(c2)Nc2ccc(CN4CCNCC4)cc2C3(C)C)cc1. The van der Waals surface area contributed by atoms with Gasteiger partial charge in [0.05, 0.1) is 6.61 Å². The predicted molar refractivity (Wildman–Crippen MR) is 141 cm³/mol. The highest BCUT2D eigenvalue weighted by Crippen LogP contribution is 2.46. The Morgan fingerprint density at radius 3 is 2.35 bits per heavy atom. The van der Waals surface area contributed by atoms with E-state index in [0.717, 1.165) is 50.7 Å². The summed E-state index contributed by atoms with van der Waals surface area (Å²) in [5.74, 6) is 0. The van der Waals surface area contributed by atoms with E-state index in [1.807, 2.05) is 6.92 Å². The lowest BCUT2D eigenvalue weighted by Crippen LogP contribution is -2.42. The molecule has 5 nitrogen and oxygen atoms in total. The third-order valence-electron chi connectivity index (χ3n) is 7.05. The van der Waals surface area contributed by atoms with Crippen molar-refractivity contribution < 1.29 is 4.74 Å². The van der Waals surface area contributed by atoms with Gasteiger partial charge in [0.25, 0.3) is 0 Å². The lowest BCUT2D eigenvalue weighted by atomic mass is 9.74. The molecule has 0 amide bonds. The Hall–Kier alpha value is -2.86. The van der Waals surface area contributed by atoms with Crippen LogP contribution >= 0.6 is 0 Å². The van der Waals surface area contributed by atoms with Crippen molar-refractivity contribution in [2.45, 2.75) is 39.3 Å². The highest BCUT2D eigenvalue weighted by molar-refractivity contribution is 5.79. The van der Waals surface area contributed by atoms with Gasteiger partial charge in [-0.2, -0.15) is 0 Å². The first-order valence-corrected chi connectivity index (χ1v) is 12.4. The average molecular weight is 457 g/mol. The summed E-state index contributed by atoms with van der Waals surface area (Å²) < 4.78 is 5.50. The zero-order valence-corrected chi connectivity index (χ0v) is 20.6. The van der Waals surface area contributed by atoms with Gasteiger partial charge in [-0.15, -0.1) is 0 Å². The van der Waals surface area contributed by atoms with Crippen LogP contribution in [-0.2, 0) is 23.3 Å². The Balaban J connectivity index is 1.34. The number of ether oxygens (including phenoxy) is 1. The molecule has 0 aromatic heterocycles. The summed E-state index contributed by atoms with van der Waals surface area (Å²) in [6.07, 6.45) is 0. The topological polar surface area (TPSA) is 48.6 Å². The van der Waals surface area contributed by atoms with Gasteiger partial charge >= 0.3 is 0 Å². The second-order valence-corrected chi connectivity index (χ2v) is 9.88. The Labute approximate surface area is 203 Å². The predicted octanol–water partition coefficient (Wildman–Crippen LogP) is 5.75. The molecule has 1 fully saturated rings. The largest absolute Gasteiger partial charge is 0.377 e. The number of anilines is 4. The van der Waals surface area contributed by atoms with Crippen LogP contribution in [-0.4, -0.2) is 37.7 Å². The standard InChI is InChI=1S/C29H36N4O/c1-4-34-20-21-5-8-23(9-6-21)31-24-10-11-25-28(18-24)32-27-12-7-22(17-26(27)29(25,2)3)19-33-15-13-30-14-16-33/h5-12,17-18,30-32H,4,13-16,19-20H2,1-3H3. The second kappa shape index (κ2) is 9.79. The second-order valence-electron chi connectivity index (χ2n) is 9.88. The number of nitrogens with zero attached hydrogens (tertiary/aromatic N) is 1. The summed E-state index contributed by atoms with van der Waals surface area (Å²) in [5, 5.41) is 10.7. The molecule has 0 spiro atoms. The van der Waals surface area contributed by atoms with E-state index in [4.69, 9.17) is 4.74 Å². The number of nitrogens with one attached hydrogen (secondary N) is 3. The number of benzene rings is 3. The van der Waals surface area contributed by atoms with Gasteiger partial charge in [-0.05, 0) is 59.5 Å². The molecule has 1 saturated heterocycles. The van der Waals surface area contributed by atoms with Crippen molar-refractivity contribution in [2.75, 3.05) is 43.4 Å². The molecule has 3 aromatic rings. The van der Waals surface area contributed by atoms with Crippen molar-refractivity contribution in [3.05, 3.63) is 82.9 Å². The van der Waals surface area contributed by atoms with E-state index in [1.165, 1.54) is 33.6 Å². The summed E-state index contributed by atoms with van der Waals surface area (Å²) in [5.41, 5.74) is 9.76. The first-order chi connectivity index (χ1) is 16.5. The van der Waals surface area contributed by atoms with Crippen LogP contribution in [0, 0.1) is 0 Å². The van der Waals surface area contributed by atoms with Gasteiger partial charge in [0, 0.05) is 67.5 Å². The molecule has 3 N–H and O–H groups in total. The minimum Gasteiger partial charge on any atom is -0.377 e. The summed E-state index contributed by atoms with van der Waals surface area (Å²) in [4.78, 5) is 2.54. The molecule has 2 aliphatic rings. The summed E-state index contributed by atoms with van der Waals surface area (Å²) in [6, 6.07) is 22.1. The van der Waals surface area contributed by atoms with E-state index in [0.29, 0.717) is 6.61 Å². The van der Waals surface area contributed by atoms with E-state index in [2.05, 4.69) is 95.4 Å². The molecule has 0 aliphatic carbocycles. The maximum atomic E-state index is 5.50. The molecule has 0 atom stereocenters. The van der Waals surface area contributed by atoms with Crippen LogP contribution in [0.15, 0.2) is 60.7 Å². The van der Waals surface area contributed by atoms with Crippen LogP contribution in [0.4, 0.5) is 22.7 Å². The number of piperazine rings is 1. The van der Waals surface area contributed by atoms with Crippen molar-refractivity contribution in [3.8, 4) is 0 Å². The summed E-state index contributed by atoms with van der Waals surface area (Å²) >= 11 is 0. The van der Waals surface area contributed by atoms with E-state index >= 15 is 0 Å². The maximum Gasteiger partial charge on any atom is 0.0716 e. The smallest absolute Gasteiger partial charge is 0.0716 e. The molecule has 0 saturated carbocycles. The van der Waals surface area contributed by atoms with Crippen LogP contribution in [0.25, 0.3) is 0 Å². The normalized spacial score (nSPS) is 16.9. The fourth-order valence-corrected chi connectivity index (χ4v) is 5.07. The van der Waals surface area contributed by atoms with Gasteiger partial charge in [0.15, 0.2) is 0 Å². The molecular weight excluding hydrogens is 420 g/mol. The molecule has 2 heterocycles. The van der Waals surface area contributed by atoms with Crippen molar-refractivity contribution in [1.29, 1.82) is 0 Å². The quantitative estimate of drug-likeness (QED) is 0.422. The Morgan fingerprint density at radius 1 is 0.853 bits per heavy atom. The molecule has 34 heavy (non-hydrogen) atoms. The van der Waals surface area contributed by atoms with E-state index in [9.17, 15) is 0 Å².